The summed E-state index contributed by atoms with van der Waals surface area (Å²) in [6.45, 7) is 0.359. The van der Waals surface area contributed by atoms with Gasteiger partial charge < -0.3 is 10.4 Å². The summed E-state index contributed by atoms with van der Waals surface area (Å²) in [6, 6.07) is 1.25. The van der Waals surface area contributed by atoms with Crippen molar-refractivity contribution in [2.24, 2.45) is 0 Å². The third-order valence-electron chi connectivity index (χ3n) is 3.16. The summed E-state index contributed by atoms with van der Waals surface area (Å²) in [4.78, 5) is 13.9. The quantitative estimate of drug-likeness (QED) is 0.648. The standard InChI is InChI=1S/C11H14ClN3O3/c12-9-5-8(15(17)18)6-13-10(9)14-7-11(16)3-1-2-4-11/h5-6,16H,1-4,7H2,(H,13,14). The van der Waals surface area contributed by atoms with Crippen LogP contribution in [0.25, 0.3) is 0 Å². The lowest BCUT2D eigenvalue weighted by atomic mass is 10.0. The molecule has 1 aromatic heterocycles. The second-order valence-electron chi connectivity index (χ2n) is 4.57. The van der Waals surface area contributed by atoms with Crippen LogP contribution in [0.3, 0.4) is 0 Å². The van der Waals surface area contributed by atoms with Gasteiger partial charge in [-0.1, -0.05) is 24.4 Å². The predicted octanol–water partition coefficient (Wildman–Crippen LogP) is 2.36. The molecule has 0 bridgehead atoms. The Labute approximate surface area is 109 Å². The van der Waals surface area contributed by atoms with Crippen LogP contribution in [0.15, 0.2) is 12.3 Å². The molecule has 1 saturated carbocycles. The maximum atomic E-state index is 10.5. The number of hydrogen-bond donors (Lipinski definition) is 2. The van der Waals surface area contributed by atoms with Gasteiger partial charge in [0.25, 0.3) is 5.69 Å². The van der Waals surface area contributed by atoms with Crippen molar-refractivity contribution in [2.75, 3.05) is 11.9 Å². The van der Waals surface area contributed by atoms with E-state index in [2.05, 4.69) is 10.3 Å². The molecule has 0 atom stereocenters. The van der Waals surface area contributed by atoms with Crippen molar-refractivity contribution < 1.29 is 10.0 Å². The summed E-state index contributed by atoms with van der Waals surface area (Å²) in [5, 5.41) is 23.8. The van der Waals surface area contributed by atoms with Crippen LogP contribution in [0.5, 0.6) is 0 Å². The minimum atomic E-state index is -0.715. The first-order valence-electron chi connectivity index (χ1n) is 5.76. The Morgan fingerprint density at radius 2 is 2.22 bits per heavy atom. The molecule has 0 saturated heterocycles. The minimum absolute atomic E-state index is 0.148. The Bertz CT molecular complexity index is 461. The highest BCUT2D eigenvalue weighted by atomic mass is 35.5. The molecule has 98 valence electrons. The van der Waals surface area contributed by atoms with Gasteiger partial charge >= 0.3 is 0 Å². The lowest BCUT2D eigenvalue weighted by Crippen LogP contribution is -2.33. The van der Waals surface area contributed by atoms with Gasteiger partial charge in [0.15, 0.2) is 0 Å². The van der Waals surface area contributed by atoms with E-state index in [1.807, 2.05) is 0 Å². The molecule has 0 amide bonds. The summed E-state index contributed by atoms with van der Waals surface area (Å²) in [7, 11) is 0. The van der Waals surface area contributed by atoms with Crippen molar-refractivity contribution in [1.82, 2.24) is 4.98 Å². The Balaban J connectivity index is 2.03. The maximum absolute atomic E-state index is 10.5. The van der Waals surface area contributed by atoms with Crippen molar-refractivity contribution in [2.45, 2.75) is 31.3 Å². The van der Waals surface area contributed by atoms with Gasteiger partial charge in [0.2, 0.25) is 0 Å². The van der Waals surface area contributed by atoms with Crippen molar-refractivity contribution >= 4 is 23.1 Å². The van der Waals surface area contributed by atoms with Crippen molar-refractivity contribution in [3.63, 3.8) is 0 Å². The molecule has 1 fully saturated rings. The molecule has 1 aromatic rings. The first-order chi connectivity index (χ1) is 8.50. The van der Waals surface area contributed by atoms with Crippen LogP contribution < -0.4 is 5.32 Å². The molecule has 2 N–H and O–H groups in total. The number of pyridine rings is 1. The van der Waals surface area contributed by atoms with Gasteiger partial charge in [-0.05, 0) is 12.8 Å². The summed E-state index contributed by atoms with van der Waals surface area (Å²) >= 11 is 5.89. The number of anilines is 1. The molecule has 1 aliphatic rings. The molecule has 1 heterocycles. The van der Waals surface area contributed by atoms with Gasteiger partial charge in [0.05, 0.1) is 15.5 Å². The van der Waals surface area contributed by atoms with Crippen LogP contribution in [-0.2, 0) is 0 Å². The first kappa shape index (κ1) is 13.0. The first-order valence-corrected chi connectivity index (χ1v) is 6.14. The Morgan fingerprint density at radius 3 is 2.78 bits per heavy atom. The zero-order valence-electron chi connectivity index (χ0n) is 9.73. The molecule has 1 aliphatic carbocycles. The van der Waals surface area contributed by atoms with Gasteiger partial charge in [-0.2, -0.15) is 0 Å². The van der Waals surface area contributed by atoms with E-state index < -0.39 is 10.5 Å². The topological polar surface area (TPSA) is 88.3 Å². The second kappa shape index (κ2) is 5.07. The number of nitrogens with zero attached hydrogens (tertiary/aromatic N) is 2. The van der Waals surface area contributed by atoms with Crippen molar-refractivity contribution in [1.29, 1.82) is 0 Å². The molecular formula is C11H14ClN3O3. The molecule has 0 spiro atoms. The highest BCUT2D eigenvalue weighted by Gasteiger charge is 2.31. The van der Waals surface area contributed by atoms with E-state index in [4.69, 9.17) is 11.6 Å². The van der Waals surface area contributed by atoms with E-state index in [9.17, 15) is 15.2 Å². The van der Waals surface area contributed by atoms with Crippen LogP contribution >= 0.6 is 11.6 Å². The van der Waals surface area contributed by atoms with Crippen LogP contribution in [0, 0.1) is 10.1 Å². The van der Waals surface area contributed by atoms with Gasteiger partial charge in [0, 0.05) is 12.6 Å². The van der Waals surface area contributed by atoms with E-state index in [0.29, 0.717) is 12.4 Å². The van der Waals surface area contributed by atoms with Crippen molar-refractivity contribution in [3.8, 4) is 0 Å². The van der Waals surface area contributed by atoms with Crippen LogP contribution in [0.2, 0.25) is 5.02 Å². The van der Waals surface area contributed by atoms with Crippen LogP contribution in [0.4, 0.5) is 11.5 Å². The summed E-state index contributed by atoms with van der Waals surface area (Å²) in [6.07, 6.45) is 4.68. The fourth-order valence-electron chi connectivity index (χ4n) is 2.12. The number of rotatable bonds is 4. The third kappa shape index (κ3) is 2.88. The molecule has 0 aliphatic heterocycles. The van der Waals surface area contributed by atoms with Gasteiger partial charge in [-0.3, -0.25) is 10.1 Å². The van der Waals surface area contributed by atoms with E-state index in [1.54, 1.807) is 0 Å². The number of halogens is 1. The van der Waals surface area contributed by atoms with Gasteiger partial charge in [-0.25, -0.2) is 4.98 Å². The number of hydrogen-bond acceptors (Lipinski definition) is 5. The molecule has 0 radical (unpaired) electrons. The van der Waals surface area contributed by atoms with E-state index in [1.165, 1.54) is 6.07 Å². The summed E-state index contributed by atoms with van der Waals surface area (Å²) < 4.78 is 0. The van der Waals surface area contributed by atoms with Gasteiger partial charge in [0.1, 0.15) is 12.0 Å². The smallest absolute Gasteiger partial charge is 0.289 e. The van der Waals surface area contributed by atoms with E-state index in [0.717, 1.165) is 31.9 Å². The SMILES string of the molecule is O=[N+]([O-])c1cnc(NCC2(O)CCCC2)c(Cl)c1. The monoisotopic (exact) mass is 271 g/mol. The fraction of sp³-hybridized carbons (Fsp3) is 0.545. The fourth-order valence-corrected chi connectivity index (χ4v) is 2.34. The van der Waals surface area contributed by atoms with Crippen LogP contribution in [-0.4, -0.2) is 27.2 Å². The minimum Gasteiger partial charge on any atom is -0.388 e. The Hall–Kier alpha value is -1.40. The largest absolute Gasteiger partial charge is 0.388 e. The Kier molecular flexibility index (Phi) is 3.68. The maximum Gasteiger partial charge on any atom is 0.289 e. The highest BCUT2D eigenvalue weighted by Crippen LogP contribution is 2.30. The average molecular weight is 272 g/mol. The molecule has 7 heteroatoms. The van der Waals surface area contributed by atoms with E-state index >= 15 is 0 Å². The number of nitro groups is 1. The third-order valence-corrected chi connectivity index (χ3v) is 3.44. The molecule has 6 nitrogen and oxygen atoms in total. The molecule has 2 rings (SSSR count). The van der Waals surface area contributed by atoms with Crippen molar-refractivity contribution in [3.05, 3.63) is 27.4 Å². The zero-order chi connectivity index (χ0) is 13.2. The number of aromatic nitrogens is 1. The second-order valence-corrected chi connectivity index (χ2v) is 4.97. The van der Waals surface area contributed by atoms with Gasteiger partial charge in [-0.15, -0.1) is 0 Å². The number of aliphatic hydroxyl groups is 1. The lowest BCUT2D eigenvalue weighted by molar-refractivity contribution is -0.385. The Morgan fingerprint density at radius 1 is 1.56 bits per heavy atom. The van der Waals surface area contributed by atoms with Crippen LogP contribution in [0.1, 0.15) is 25.7 Å². The molecule has 18 heavy (non-hydrogen) atoms. The number of nitrogens with one attached hydrogen (secondary N) is 1. The summed E-state index contributed by atoms with van der Waals surface area (Å²) in [5.41, 5.74) is -0.864. The van der Waals surface area contributed by atoms with E-state index in [-0.39, 0.29) is 10.7 Å². The molecule has 0 aromatic carbocycles. The normalized spacial score (nSPS) is 17.7. The highest BCUT2D eigenvalue weighted by molar-refractivity contribution is 6.33. The summed E-state index contributed by atoms with van der Waals surface area (Å²) in [5.74, 6) is 0.364. The molecule has 0 unspecified atom stereocenters. The predicted molar refractivity (Wildman–Crippen MR) is 67.8 cm³/mol. The molecular weight excluding hydrogens is 258 g/mol. The average Bonchev–Trinajstić information content (AvgIpc) is 2.75. The lowest BCUT2D eigenvalue weighted by Gasteiger charge is -2.22. The zero-order valence-corrected chi connectivity index (χ0v) is 10.5.